The fourth-order valence-corrected chi connectivity index (χ4v) is 4.08. The second kappa shape index (κ2) is 13.9. The van der Waals surface area contributed by atoms with Crippen molar-refractivity contribution >= 4 is 41.5 Å². The molecule has 0 saturated carbocycles. The zero-order valence-corrected chi connectivity index (χ0v) is 22.3. The number of hydrogen-bond donors (Lipinski definition) is 2. The van der Waals surface area contributed by atoms with Gasteiger partial charge in [-0.2, -0.15) is 0 Å². The fraction of sp³-hybridized carbons (Fsp3) is 0.652. The summed E-state index contributed by atoms with van der Waals surface area (Å²) in [5, 5.41) is 6.93. The number of likely N-dealkylation sites (N-methyl/N-ethyl adjacent to an activating group) is 1. The maximum atomic E-state index is 13.5. The first kappa shape index (κ1) is 27.6. The number of benzene rings is 1. The van der Waals surface area contributed by atoms with Gasteiger partial charge in [-0.1, -0.05) is 0 Å². The van der Waals surface area contributed by atoms with Crippen LogP contribution in [0.3, 0.4) is 0 Å². The van der Waals surface area contributed by atoms with E-state index < -0.39 is 0 Å². The Bertz CT molecular complexity index is 788. The molecular formula is C23H38FIN6O2. The summed E-state index contributed by atoms with van der Waals surface area (Å²) < 4.78 is 18.9. The molecule has 2 heterocycles. The Balaban J connectivity index is 0.00000385. The van der Waals surface area contributed by atoms with Gasteiger partial charge in [-0.25, -0.2) is 9.38 Å². The minimum absolute atomic E-state index is 0. The van der Waals surface area contributed by atoms with Crippen LogP contribution in [0.25, 0.3) is 0 Å². The van der Waals surface area contributed by atoms with E-state index in [4.69, 9.17) is 4.74 Å². The van der Waals surface area contributed by atoms with Crippen LogP contribution in [-0.2, 0) is 9.53 Å². The Morgan fingerprint density at radius 2 is 2.03 bits per heavy atom. The lowest BCUT2D eigenvalue weighted by Crippen LogP contribution is -2.52. The smallest absolute Gasteiger partial charge is 0.243 e. The van der Waals surface area contributed by atoms with Crippen molar-refractivity contribution in [3.8, 4) is 0 Å². The van der Waals surface area contributed by atoms with Gasteiger partial charge in [0, 0.05) is 65.1 Å². The molecule has 2 N–H and O–H groups in total. The molecule has 8 nitrogen and oxygen atoms in total. The standard InChI is InChI=1S/C23H37FN6O2.HI/c1-18-15-19(24)6-7-21(18)30-9-4-5-20(17-30)27-23(26-16-22(31)28(2)3)25-8-10-29-11-13-32-14-12-29;/h6-7,15,20H,4-5,8-14,16-17H2,1-3H3,(H2,25,26,27);1H. The van der Waals surface area contributed by atoms with Crippen LogP contribution >= 0.6 is 24.0 Å². The van der Waals surface area contributed by atoms with Crippen molar-refractivity contribution in [3.63, 3.8) is 0 Å². The van der Waals surface area contributed by atoms with E-state index >= 15 is 0 Å². The number of halogens is 2. The van der Waals surface area contributed by atoms with E-state index in [2.05, 4.69) is 25.4 Å². The van der Waals surface area contributed by atoms with Crippen LogP contribution in [0.2, 0.25) is 0 Å². The van der Waals surface area contributed by atoms with E-state index in [-0.39, 0.29) is 48.3 Å². The number of hydrogen-bond acceptors (Lipinski definition) is 5. The number of guanidine groups is 1. The number of aliphatic imine (C=N–C) groups is 1. The van der Waals surface area contributed by atoms with E-state index in [0.29, 0.717) is 5.96 Å². The molecule has 1 aromatic carbocycles. The molecule has 1 amide bonds. The number of amides is 1. The molecule has 1 unspecified atom stereocenters. The molecule has 0 aromatic heterocycles. The number of nitrogens with zero attached hydrogens (tertiary/aromatic N) is 4. The Morgan fingerprint density at radius 3 is 2.73 bits per heavy atom. The monoisotopic (exact) mass is 576 g/mol. The van der Waals surface area contributed by atoms with Gasteiger partial charge in [-0.05, 0) is 43.5 Å². The number of morpholine rings is 1. The molecular weight excluding hydrogens is 538 g/mol. The third-order valence-corrected chi connectivity index (χ3v) is 5.96. The predicted octanol–water partition coefficient (Wildman–Crippen LogP) is 1.68. The van der Waals surface area contributed by atoms with Gasteiger partial charge >= 0.3 is 0 Å². The van der Waals surface area contributed by atoms with Crippen molar-refractivity contribution in [2.24, 2.45) is 4.99 Å². The maximum Gasteiger partial charge on any atom is 0.243 e. The highest BCUT2D eigenvalue weighted by molar-refractivity contribution is 14.0. The van der Waals surface area contributed by atoms with E-state index in [1.165, 1.54) is 6.07 Å². The summed E-state index contributed by atoms with van der Waals surface area (Å²) >= 11 is 0. The lowest BCUT2D eigenvalue weighted by atomic mass is 10.0. The number of carbonyl (C=O) groups is 1. The van der Waals surface area contributed by atoms with Gasteiger partial charge in [0.2, 0.25) is 5.91 Å². The van der Waals surface area contributed by atoms with Gasteiger partial charge in [0.1, 0.15) is 12.4 Å². The SMILES string of the molecule is Cc1cc(F)ccc1N1CCCC(NC(=NCC(=O)N(C)C)NCCN2CCOCC2)C1.I. The van der Waals surface area contributed by atoms with E-state index in [9.17, 15) is 9.18 Å². The molecule has 10 heteroatoms. The molecule has 2 aliphatic rings. The molecule has 0 radical (unpaired) electrons. The number of nitrogens with one attached hydrogen (secondary N) is 2. The molecule has 33 heavy (non-hydrogen) atoms. The molecule has 1 aromatic rings. The summed E-state index contributed by atoms with van der Waals surface area (Å²) in [4.78, 5) is 22.8. The molecule has 0 spiro atoms. The number of carbonyl (C=O) groups excluding carboxylic acids is 1. The van der Waals surface area contributed by atoms with Crippen LogP contribution in [-0.4, -0.2) is 101 Å². The average Bonchev–Trinajstić information content (AvgIpc) is 2.78. The normalized spacial score (nSPS) is 19.6. The molecule has 3 rings (SSSR count). The van der Waals surface area contributed by atoms with Gasteiger partial charge in [-0.3, -0.25) is 9.69 Å². The summed E-state index contributed by atoms with van der Waals surface area (Å²) in [5.74, 6) is 0.421. The van der Waals surface area contributed by atoms with Crippen molar-refractivity contribution in [1.29, 1.82) is 0 Å². The minimum Gasteiger partial charge on any atom is -0.379 e. The molecule has 0 aliphatic carbocycles. The van der Waals surface area contributed by atoms with Crippen LogP contribution in [0.15, 0.2) is 23.2 Å². The summed E-state index contributed by atoms with van der Waals surface area (Å²) in [6.45, 7) is 8.88. The third kappa shape index (κ3) is 8.90. The van der Waals surface area contributed by atoms with Gasteiger partial charge in [0.25, 0.3) is 0 Å². The number of anilines is 1. The Morgan fingerprint density at radius 1 is 1.27 bits per heavy atom. The lowest BCUT2D eigenvalue weighted by Gasteiger charge is -2.36. The second-order valence-corrected chi connectivity index (χ2v) is 8.69. The number of piperidine rings is 1. The Hall–Kier alpha value is -1.66. The van der Waals surface area contributed by atoms with Crippen molar-refractivity contribution in [1.82, 2.24) is 20.4 Å². The lowest BCUT2D eigenvalue weighted by molar-refractivity contribution is -0.127. The fourth-order valence-electron chi connectivity index (χ4n) is 4.08. The number of ether oxygens (including phenoxy) is 1. The Kier molecular flexibility index (Phi) is 11.6. The largest absolute Gasteiger partial charge is 0.379 e. The van der Waals surface area contributed by atoms with Gasteiger partial charge in [-0.15, -0.1) is 24.0 Å². The van der Waals surface area contributed by atoms with Crippen molar-refractivity contribution in [2.75, 3.05) is 78.0 Å². The molecule has 2 aliphatic heterocycles. The molecule has 186 valence electrons. The van der Waals surface area contributed by atoms with E-state index in [1.54, 1.807) is 25.1 Å². The third-order valence-electron chi connectivity index (χ3n) is 5.96. The first-order valence-corrected chi connectivity index (χ1v) is 11.5. The van der Waals surface area contributed by atoms with E-state index in [0.717, 1.165) is 76.6 Å². The first-order valence-electron chi connectivity index (χ1n) is 11.5. The van der Waals surface area contributed by atoms with Crippen molar-refractivity contribution in [2.45, 2.75) is 25.8 Å². The highest BCUT2D eigenvalue weighted by Crippen LogP contribution is 2.24. The predicted molar refractivity (Wildman–Crippen MR) is 141 cm³/mol. The van der Waals surface area contributed by atoms with Crippen LogP contribution < -0.4 is 15.5 Å². The summed E-state index contributed by atoms with van der Waals surface area (Å²) in [7, 11) is 3.47. The molecule has 1 atom stereocenters. The molecule has 0 bridgehead atoms. The van der Waals surface area contributed by atoms with Crippen LogP contribution in [0.4, 0.5) is 10.1 Å². The van der Waals surface area contributed by atoms with Crippen LogP contribution in [0.1, 0.15) is 18.4 Å². The Labute approximate surface area is 213 Å². The first-order chi connectivity index (χ1) is 15.4. The summed E-state index contributed by atoms with van der Waals surface area (Å²) in [5.41, 5.74) is 2.01. The average molecular weight is 576 g/mol. The van der Waals surface area contributed by atoms with E-state index in [1.807, 2.05) is 13.0 Å². The molecule has 2 saturated heterocycles. The quantitative estimate of drug-likeness (QED) is 0.293. The summed E-state index contributed by atoms with van der Waals surface area (Å²) in [6, 6.07) is 5.15. The van der Waals surface area contributed by atoms with Gasteiger partial charge < -0.3 is 25.2 Å². The zero-order valence-electron chi connectivity index (χ0n) is 20.0. The van der Waals surface area contributed by atoms with Crippen molar-refractivity contribution in [3.05, 3.63) is 29.6 Å². The maximum absolute atomic E-state index is 13.5. The number of aryl methyl sites for hydroxylation is 1. The van der Waals surface area contributed by atoms with Crippen LogP contribution in [0, 0.1) is 12.7 Å². The number of rotatable bonds is 7. The van der Waals surface area contributed by atoms with Crippen molar-refractivity contribution < 1.29 is 13.9 Å². The highest BCUT2D eigenvalue weighted by Gasteiger charge is 2.22. The summed E-state index contributed by atoms with van der Waals surface area (Å²) in [6.07, 6.45) is 2.05. The van der Waals surface area contributed by atoms with Crippen LogP contribution in [0.5, 0.6) is 0 Å². The topological polar surface area (TPSA) is 72.4 Å². The van der Waals surface area contributed by atoms with Gasteiger partial charge in [0.15, 0.2) is 5.96 Å². The zero-order chi connectivity index (χ0) is 22.9. The second-order valence-electron chi connectivity index (χ2n) is 8.69. The highest BCUT2D eigenvalue weighted by atomic mass is 127. The molecule has 2 fully saturated rings. The minimum atomic E-state index is -0.206. The van der Waals surface area contributed by atoms with Gasteiger partial charge in [0.05, 0.1) is 13.2 Å².